The van der Waals surface area contributed by atoms with Gasteiger partial charge in [0.15, 0.2) is 0 Å². The van der Waals surface area contributed by atoms with Gasteiger partial charge in [-0.05, 0) is 13.0 Å². The van der Waals surface area contributed by atoms with Crippen molar-refractivity contribution in [3.63, 3.8) is 0 Å². The average molecular weight is 252 g/mol. The first-order chi connectivity index (χ1) is 8.50. The van der Waals surface area contributed by atoms with Crippen molar-refractivity contribution in [2.24, 2.45) is 0 Å². The van der Waals surface area contributed by atoms with Crippen molar-refractivity contribution in [3.05, 3.63) is 23.6 Å². The van der Waals surface area contributed by atoms with Crippen molar-refractivity contribution in [2.75, 3.05) is 18.8 Å². The molecule has 0 spiro atoms. The smallest absolute Gasteiger partial charge is 0.258 e. The van der Waals surface area contributed by atoms with E-state index in [1.807, 2.05) is 0 Å². The summed E-state index contributed by atoms with van der Waals surface area (Å²) in [5.74, 6) is -1.40. The summed E-state index contributed by atoms with van der Waals surface area (Å²) in [6.07, 6.45) is 0.943. The largest absolute Gasteiger partial charge is 0.383 e. The van der Waals surface area contributed by atoms with E-state index >= 15 is 0 Å². The van der Waals surface area contributed by atoms with E-state index in [0.29, 0.717) is 13.1 Å². The lowest BCUT2D eigenvalue weighted by atomic mass is 10.1. The molecule has 18 heavy (non-hydrogen) atoms. The molecule has 2 amide bonds. The zero-order valence-electron chi connectivity index (χ0n) is 9.81. The number of pyridine rings is 1. The Balaban J connectivity index is 2.30. The number of aromatic nitrogens is 1. The summed E-state index contributed by atoms with van der Waals surface area (Å²) in [4.78, 5) is 28.6. The molecule has 2 rings (SSSR count). The minimum absolute atomic E-state index is 0.0171. The zero-order chi connectivity index (χ0) is 13.3. The fourth-order valence-electron chi connectivity index (χ4n) is 1.84. The molecule has 6 nitrogen and oxygen atoms in total. The van der Waals surface area contributed by atoms with Crippen LogP contribution in [0.25, 0.3) is 0 Å². The van der Waals surface area contributed by atoms with E-state index < -0.39 is 17.8 Å². The maximum absolute atomic E-state index is 13.1. The van der Waals surface area contributed by atoms with Crippen LogP contribution in [-0.2, 0) is 4.79 Å². The van der Waals surface area contributed by atoms with Crippen molar-refractivity contribution in [1.82, 2.24) is 15.2 Å². The number of hydrogen-bond acceptors (Lipinski definition) is 4. The number of nitrogen functional groups attached to an aromatic ring is 1. The van der Waals surface area contributed by atoms with Crippen molar-refractivity contribution >= 4 is 17.6 Å². The van der Waals surface area contributed by atoms with E-state index in [0.717, 1.165) is 12.3 Å². The van der Waals surface area contributed by atoms with E-state index in [9.17, 15) is 14.0 Å². The number of nitrogens with zero attached hydrogens (tertiary/aromatic N) is 2. The maximum Gasteiger partial charge on any atom is 0.258 e. The average Bonchev–Trinajstić information content (AvgIpc) is 2.35. The molecule has 1 aliphatic heterocycles. The lowest BCUT2D eigenvalue weighted by Crippen LogP contribution is -2.55. The van der Waals surface area contributed by atoms with E-state index in [4.69, 9.17) is 5.73 Å². The molecule has 1 aliphatic rings. The molecular weight excluding hydrogens is 239 g/mol. The second-order valence-electron chi connectivity index (χ2n) is 4.05. The predicted octanol–water partition coefficient (Wildman–Crippen LogP) is -0.237. The van der Waals surface area contributed by atoms with Crippen LogP contribution in [0.15, 0.2) is 12.3 Å². The third kappa shape index (κ3) is 2.11. The van der Waals surface area contributed by atoms with Crippen LogP contribution >= 0.6 is 0 Å². The fraction of sp³-hybridized carbons (Fsp3) is 0.364. The topological polar surface area (TPSA) is 88.3 Å². The van der Waals surface area contributed by atoms with Crippen LogP contribution in [0, 0.1) is 5.82 Å². The molecule has 1 atom stereocenters. The van der Waals surface area contributed by atoms with Gasteiger partial charge in [-0.15, -0.1) is 0 Å². The molecule has 1 aromatic rings. The van der Waals surface area contributed by atoms with Crippen molar-refractivity contribution in [3.8, 4) is 0 Å². The predicted molar refractivity (Wildman–Crippen MR) is 62.1 cm³/mol. The highest BCUT2D eigenvalue weighted by molar-refractivity contribution is 6.01. The molecule has 0 radical (unpaired) electrons. The lowest BCUT2D eigenvalue weighted by molar-refractivity contribution is -0.127. The quantitative estimate of drug-likeness (QED) is 0.722. The van der Waals surface area contributed by atoms with Gasteiger partial charge >= 0.3 is 0 Å². The molecular formula is C11H13FN4O2. The Labute approximate surface area is 103 Å². The summed E-state index contributed by atoms with van der Waals surface area (Å²) < 4.78 is 13.1. The van der Waals surface area contributed by atoms with Crippen molar-refractivity contribution in [2.45, 2.75) is 13.0 Å². The fourth-order valence-corrected chi connectivity index (χ4v) is 1.84. The monoisotopic (exact) mass is 252 g/mol. The van der Waals surface area contributed by atoms with Gasteiger partial charge in [0.25, 0.3) is 5.91 Å². The highest BCUT2D eigenvalue weighted by atomic mass is 19.1. The number of carbonyl (C=O) groups excluding carboxylic acids is 2. The first kappa shape index (κ1) is 12.3. The minimum Gasteiger partial charge on any atom is -0.383 e. The summed E-state index contributed by atoms with van der Waals surface area (Å²) >= 11 is 0. The summed E-state index contributed by atoms with van der Waals surface area (Å²) in [5.41, 5.74) is 5.53. The second-order valence-corrected chi connectivity index (χ2v) is 4.05. The number of rotatable bonds is 1. The number of amides is 2. The normalized spacial score (nSPS) is 19.6. The summed E-state index contributed by atoms with van der Waals surface area (Å²) in [6.45, 7) is 2.34. The maximum atomic E-state index is 13.1. The highest BCUT2D eigenvalue weighted by Crippen LogP contribution is 2.16. The third-order valence-corrected chi connectivity index (χ3v) is 2.88. The summed E-state index contributed by atoms with van der Waals surface area (Å²) in [5, 5.41) is 2.64. The van der Waals surface area contributed by atoms with Gasteiger partial charge in [-0.3, -0.25) is 9.59 Å². The molecule has 96 valence electrons. The molecule has 0 bridgehead atoms. The Kier molecular flexibility index (Phi) is 3.14. The molecule has 1 fully saturated rings. The second kappa shape index (κ2) is 4.59. The number of piperazine rings is 1. The zero-order valence-corrected chi connectivity index (χ0v) is 9.81. The number of nitrogens with two attached hydrogens (primary N) is 1. The molecule has 2 heterocycles. The molecule has 1 saturated heterocycles. The molecule has 0 saturated carbocycles. The van der Waals surface area contributed by atoms with E-state index in [1.54, 1.807) is 6.92 Å². The Morgan fingerprint density at radius 3 is 3.11 bits per heavy atom. The van der Waals surface area contributed by atoms with Gasteiger partial charge in [-0.2, -0.15) is 0 Å². The molecule has 7 heteroatoms. The van der Waals surface area contributed by atoms with E-state index in [1.165, 1.54) is 4.90 Å². The number of halogens is 1. The van der Waals surface area contributed by atoms with Gasteiger partial charge in [0.05, 0.1) is 11.8 Å². The van der Waals surface area contributed by atoms with Gasteiger partial charge in [0.2, 0.25) is 5.91 Å². The molecule has 3 N–H and O–H groups in total. The molecule has 0 aromatic carbocycles. The van der Waals surface area contributed by atoms with Gasteiger partial charge in [0.1, 0.15) is 17.7 Å². The highest BCUT2D eigenvalue weighted by Gasteiger charge is 2.31. The van der Waals surface area contributed by atoms with Gasteiger partial charge in [0, 0.05) is 13.1 Å². The minimum atomic E-state index is -0.637. The summed E-state index contributed by atoms with van der Waals surface area (Å²) in [7, 11) is 0. The molecule has 0 aliphatic carbocycles. The molecule has 1 unspecified atom stereocenters. The van der Waals surface area contributed by atoms with E-state index in [-0.39, 0.29) is 17.3 Å². The van der Waals surface area contributed by atoms with Crippen LogP contribution in [-0.4, -0.2) is 40.8 Å². The van der Waals surface area contributed by atoms with Crippen LogP contribution in [0.5, 0.6) is 0 Å². The molecule has 1 aromatic heterocycles. The van der Waals surface area contributed by atoms with Crippen molar-refractivity contribution in [1.29, 1.82) is 0 Å². The summed E-state index contributed by atoms with van der Waals surface area (Å²) in [6, 6.07) is 0.429. The third-order valence-electron chi connectivity index (χ3n) is 2.88. The van der Waals surface area contributed by atoms with Crippen LogP contribution in [0.3, 0.4) is 0 Å². The lowest BCUT2D eigenvalue weighted by Gasteiger charge is -2.32. The number of nitrogens with one attached hydrogen (secondary N) is 1. The Morgan fingerprint density at radius 2 is 2.39 bits per heavy atom. The van der Waals surface area contributed by atoms with Gasteiger partial charge < -0.3 is 16.0 Å². The standard InChI is InChI=1S/C11H13FN4O2/c1-6-10(17)14-2-3-16(6)11(18)8-4-7(12)5-15-9(8)13/h4-6H,2-3H2,1H3,(H2,13,15)(H,14,17). The SMILES string of the molecule is CC1C(=O)NCCN1C(=O)c1cc(F)cnc1N. The Morgan fingerprint density at radius 1 is 1.67 bits per heavy atom. The first-order valence-electron chi connectivity index (χ1n) is 5.50. The first-order valence-corrected chi connectivity index (χ1v) is 5.50. The number of carbonyl (C=O) groups is 2. The van der Waals surface area contributed by atoms with Crippen LogP contribution in [0.2, 0.25) is 0 Å². The number of anilines is 1. The Bertz CT molecular complexity index is 506. The van der Waals surface area contributed by atoms with Crippen molar-refractivity contribution < 1.29 is 14.0 Å². The van der Waals surface area contributed by atoms with Gasteiger partial charge in [-0.1, -0.05) is 0 Å². The van der Waals surface area contributed by atoms with E-state index in [2.05, 4.69) is 10.3 Å². The van der Waals surface area contributed by atoms with Crippen LogP contribution in [0.1, 0.15) is 17.3 Å². The van der Waals surface area contributed by atoms with Crippen LogP contribution < -0.4 is 11.1 Å². The Hall–Kier alpha value is -2.18. The van der Waals surface area contributed by atoms with Crippen LogP contribution in [0.4, 0.5) is 10.2 Å². The number of hydrogen-bond donors (Lipinski definition) is 2. The van der Waals surface area contributed by atoms with Gasteiger partial charge in [-0.25, -0.2) is 9.37 Å².